The maximum atomic E-state index is 12.0. The zero-order valence-corrected chi connectivity index (χ0v) is 11.7. The lowest BCUT2D eigenvalue weighted by Crippen LogP contribution is -2.10. The molecule has 0 radical (unpaired) electrons. The quantitative estimate of drug-likeness (QED) is 0.625. The predicted octanol–water partition coefficient (Wildman–Crippen LogP) is 3.01. The first kappa shape index (κ1) is 14.8. The van der Waals surface area contributed by atoms with Crippen LogP contribution in [0.5, 0.6) is 5.75 Å². The summed E-state index contributed by atoms with van der Waals surface area (Å²) in [4.78, 5) is 23.3. The monoisotopic (exact) mass is 284 g/mol. The first-order valence-corrected chi connectivity index (χ1v) is 6.62. The molecule has 0 aliphatic rings. The van der Waals surface area contributed by atoms with E-state index in [0.29, 0.717) is 17.7 Å². The molecule has 4 nitrogen and oxygen atoms in total. The largest absolute Gasteiger partial charge is 0.469 e. The molecule has 0 saturated heterocycles. The number of hydrogen-bond acceptors (Lipinski definition) is 4. The number of ether oxygens (including phenoxy) is 2. The summed E-state index contributed by atoms with van der Waals surface area (Å²) in [6.07, 6.45) is 0.710. The minimum absolute atomic E-state index is 0.246. The Hall–Kier alpha value is -2.62. The number of benzene rings is 2. The maximum absolute atomic E-state index is 12.0. The summed E-state index contributed by atoms with van der Waals surface area (Å²) in [6.45, 7) is 0. The fourth-order valence-electron chi connectivity index (χ4n) is 1.88. The van der Waals surface area contributed by atoms with Crippen LogP contribution in [0.15, 0.2) is 54.6 Å². The number of aryl methyl sites for hydroxylation is 1. The molecule has 0 aliphatic heterocycles. The summed E-state index contributed by atoms with van der Waals surface area (Å²) in [5.74, 6) is -0.240. The number of para-hydroxylation sites is 1. The zero-order valence-electron chi connectivity index (χ0n) is 11.7. The van der Waals surface area contributed by atoms with Gasteiger partial charge in [-0.2, -0.15) is 0 Å². The molecule has 0 fully saturated rings. The van der Waals surface area contributed by atoms with E-state index >= 15 is 0 Å². The van der Waals surface area contributed by atoms with E-state index in [9.17, 15) is 9.59 Å². The van der Waals surface area contributed by atoms with Gasteiger partial charge in [0.2, 0.25) is 0 Å². The van der Waals surface area contributed by atoms with Crippen LogP contribution in [0.1, 0.15) is 22.3 Å². The Bertz CT molecular complexity index is 620. The highest BCUT2D eigenvalue weighted by atomic mass is 16.5. The molecule has 2 aromatic carbocycles. The van der Waals surface area contributed by atoms with Gasteiger partial charge in [0.05, 0.1) is 12.7 Å². The Morgan fingerprint density at radius 3 is 2.33 bits per heavy atom. The third kappa shape index (κ3) is 4.18. The van der Waals surface area contributed by atoms with Gasteiger partial charge in [-0.25, -0.2) is 4.79 Å². The lowest BCUT2D eigenvalue weighted by Gasteiger charge is -2.09. The zero-order chi connectivity index (χ0) is 15.1. The van der Waals surface area contributed by atoms with Gasteiger partial charge in [0, 0.05) is 6.42 Å². The molecule has 0 aliphatic carbocycles. The minimum Gasteiger partial charge on any atom is -0.469 e. The summed E-state index contributed by atoms with van der Waals surface area (Å²) in [5, 5.41) is 0. The average Bonchev–Trinajstić information content (AvgIpc) is 2.54. The SMILES string of the molecule is COC(=O)CCc1ccccc1OC(=O)c1ccccc1. The number of carbonyl (C=O) groups is 2. The summed E-state index contributed by atoms with van der Waals surface area (Å²) in [6, 6.07) is 15.9. The second kappa shape index (κ2) is 7.24. The number of hydrogen-bond donors (Lipinski definition) is 0. The Kier molecular flexibility index (Phi) is 5.10. The van der Waals surface area contributed by atoms with Crippen molar-refractivity contribution in [1.82, 2.24) is 0 Å². The number of methoxy groups -OCH3 is 1. The number of rotatable bonds is 5. The third-order valence-electron chi connectivity index (χ3n) is 3.01. The molecule has 21 heavy (non-hydrogen) atoms. The lowest BCUT2D eigenvalue weighted by molar-refractivity contribution is -0.140. The van der Waals surface area contributed by atoms with Crippen LogP contribution in [0.2, 0.25) is 0 Å². The van der Waals surface area contributed by atoms with Gasteiger partial charge < -0.3 is 9.47 Å². The van der Waals surface area contributed by atoms with E-state index in [0.717, 1.165) is 5.56 Å². The molecule has 0 unspecified atom stereocenters. The molecule has 108 valence electrons. The summed E-state index contributed by atoms with van der Waals surface area (Å²) in [5.41, 5.74) is 1.28. The van der Waals surface area contributed by atoms with Crippen molar-refractivity contribution < 1.29 is 19.1 Å². The first-order valence-electron chi connectivity index (χ1n) is 6.62. The van der Waals surface area contributed by atoms with E-state index in [1.165, 1.54) is 7.11 Å². The highest BCUT2D eigenvalue weighted by molar-refractivity contribution is 5.91. The Balaban J connectivity index is 2.09. The Morgan fingerprint density at radius 2 is 1.62 bits per heavy atom. The van der Waals surface area contributed by atoms with Crippen LogP contribution in [0.4, 0.5) is 0 Å². The summed E-state index contributed by atoms with van der Waals surface area (Å²) < 4.78 is 10.0. The molecular weight excluding hydrogens is 268 g/mol. The second-order valence-corrected chi connectivity index (χ2v) is 4.44. The average molecular weight is 284 g/mol. The number of esters is 2. The topological polar surface area (TPSA) is 52.6 Å². The van der Waals surface area contributed by atoms with Gasteiger partial charge in [0.25, 0.3) is 0 Å². The molecule has 0 amide bonds. The van der Waals surface area contributed by atoms with Crippen LogP contribution >= 0.6 is 0 Å². The molecule has 0 atom stereocenters. The lowest BCUT2D eigenvalue weighted by atomic mass is 10.1. The molecule has 0 heterocycles. The van der Waals surface area contributed by atoms with Crippen molar-refractivity contribution >= 4 is 11.9 Å². The van der Waals surface area contributed by atoms with E-state index in [-0.39, 0.29) is 12.4 Å². The Morgan fingerprint density at radius 1 is 0.952 bits per heavy atom. The van der Waals surface area contributed by atoms with Crippen LogP contribution in [-0.2, 0) is 16.0 Å². The van der Waals surface area contributed by atoms with Crippen molar-refractivity contribution in [2.24, 2.45) is 0 Å². The third-order valence-corrected chi connectivity index (χ3v) is 3.01. The van der Waals surface area contributed by atoms with Gasteiger partial charge in [0.1, 0.15) is 5.75 Å². The van der Waals surface area contributed by atoms with E-state index < -0.39 is 5.97 Å². The predicted molar refractivity (Wildman–Crippen MR) is 78.2 cm³/mol. The van der Waals surface area contributed by atoms with Crippen molar-refractivity contribution in [3.63, 3.8) is 0 Å². The summed E-state index contributed by atoms with van der Waals surface area (Å²) in [7, 11) is 1.35. The van der Waals surface area contributed by atoms with Crippen LogP contribution in [0.3, 0.4) is 0 Å². The van der Waals surface area contributed by atoms with Gasteiger partial charge in [-0.1, -0.05) is 36.4 Å². The smallest absolute Gasteiger partial charge is 0.343 e. The van der Waals surface area contributed by atoms with Crippen molar-refractivity contribution in [1.29, 1.82) is 0 Å². The maximum Gasteiger partial charge on any atom is 0.343 e. The fraction of sp³-hybridized carbons (Fsp3) is 0.176. The van der Waals surface area contributed by atoms with Gasteiger partial charge in [0.15, 0.2) is 0 Å². The molecule has 0 bridgehead atoms. The van der Waals surface area contributed by atoms with E-state index in [1.807, 2.05) is 18.2 Å². The van der Waals surface area contributed by atoms with Crippen LogP contribution < -0.4 is 4.74 Å². The van der Waals surface area contributed by atoms with E-state index in [2.05, 4.69) is 4.74 Å². The molecule has 0 saturated carbocycles. The van der Waals surface area contributed by atoms with Gasteiger partial charge in [-0.3, -0.25) is 4.79 Å². The standard InChI is InChI=1S/C17H16O4/c1-20-16(18)12-11-13-7-5-6-10-15(13)21-17(19)14-8-3-2-4-9-14/h2-10H,11-12H2,1H3. The molecular formula is C17H16O4. The van der Waals surface area contributed by atoms with E-state index in [1.54, 1.807) is 36.4 Å². The number of carbonyl (C=O) groups excluding carboxylic acids is 2. The fourth-order valence-corrected chi connectivity index (χ4v) is 1.88. The molecule has 0 aromatic heterocycles. The van der Waals surface area contributed by atoms with Crippen LogP contribution in [0, 0.1) is 0 Å². The van der Waals surface area contributed by atoms with Crippen molar-refractivity contribution in [3.05, 3.63) is 65.7 Å². The molecule has 0 N–H and O–H groups in total. The molecule has 2 rings (SSSR count). The first-order chi connectivity index (χ1) is 10.2. The van der Waals surface area contributed by atoms with Gasteiger partial charge >= 0.3 is 11.9 Å². The van der Waals surface area contributed by atoms with Gasteiger partial charge in [-0.15, -0.1) is 0 Å². The van der Waals surface area contributed by atoms with E-state index in [4.69, 9.17) is 4.74 Å². The van der Waals surface area contributed by atoms with Crippen molar-refractivity contribution in [3.8, 4) is 5.75 Å². The van der Waals surface area contributed by atoms with Crippen LogP contribution in [0.25, 0.3) is 0 Å². The molecule has 4 heteroatoms. The molecule has 2 aromatic rings. The highest BCUT2D eigenvalue weighted by Crippen LogP contribution is 2.21. The van der Waals surface area contributed by atoms with Crippen LogP contribution in [-0.4, -0.2) is 19.0 Å². The Labute approximate surface area is 123 Å². The van der Waals surface area contributed by atoms with Gasteiger partial charge in [-0.05, 0) is 30.2 Å². The normalized spacial score (nSPS) is 9.95. The van der Waals surface area contributed by atoms with Crippen molar-refractivity contribution in [2.75, 3.05) is 7.11 Å². The summed E-state index contributed by atoms with van der Waals surface area (Å²) >= 11 is 0. The minimum atomic E-state index is -0.416. The van der Waals surface area contributed by atoms with Crippen molar-refractivity contribution in [2.45, 2.75) is 12.8 Å². The molecule has 0 spiro atoms. The highest BCUT2D eigenvalue weighted by Gasteiger charge is 2.12. The second-order valence-electron chi connectivity index (χ2n) is 4.44.